The molecule has 0 aliphatic heterocycles. The minimum absolute atomic E-state index is 0.105. The maximum atomic E-state index is 13.7. The van der Waals surface area contributed by atoms with Gasteiger partial charge in [0.05, 0.1) is 0 Å². The first-order valence-corrected chi connectivity index (χ1v) is 6.95. The van der Waals surface area contributed by atoms with E-state index >= 15 is 0 Å². The van der Waals surface area contributed by atoms with Crippen LogP contribution in [0.3, 0.4) is 0 Å². The molecule has 0 bridgehead atoms. The summed E-state index contributed by atoms with van der Waals surface area (Å²) in [5, 5.41) is 0. The zero-order valence-corrected chi connectivity index (χ0v) is 12.3. The molecule has 0 spiro atoms. The highest BCUT2D eigenvalue weighted by atomic mass is 19.1. The highest BCUT2D eigenvalue weighted by Gasteiger charge is 2.13. The van der Waals surface area contributed by atoms with E-state index in [9.17, 15) is 8.78 Å². The largest absolute Gasteiger partial charge is 0.271 e. The van der Waals surface area contributed by atoms with E-state index in [2.05, 4.69) is 31.4 Å². The zero-order valence-electron chi connectivity index (χ0n) is 12.3. The minimum atomic E-state index is -0.567. The van der Waals surface area contributed by atoms with Crippen LogP contribution in [-0.4, -0.2) is 6.04 Å². The molecule has 21 heavy (non-hydrogen) atoms. The normalized spacial score (nSPS) is 12.4. The van der Waals surface area contributed by atoms with E-state index in [0.717, 1.165) is 11.6 Å². The van der Waals surface area contributed by atoms with Gasteiger partial charge in [-0.05, 0) is 55.0 Å². The molecule has 3 N–H and O–H groups in total. The molecule has 112 valence electrons. The van der Waals surface area contributed by atoms with Gasteiger partial charge in [-0.15, -0.1) is 0 Å². The number of nitrogens with one attached hydrogen (secondary N) is 1. The van der Waals surface area contributed by atoms with Crippen LogP contribution < -0.4 is 11.3 Å². The lowest BCUT2D eigenvalue weighted by Gasteiger charge is -2.17. The van der Waals surface area contributed by atoms with Crippen LogP contribution in [-0.2, 0) is 12.8 Å². The van der Waals surface area contributed by atoms with Crippen LogP contribution in [0.25, 0.3) is 0 Å². The number of benzene rings is 2. The van der Waals surface area contributed by atoms with Gasteiger partial charge < -0.3 is 0 Å². The fourth-order valence-corrected chi connectivity index (χ4v) is 2.36. The average molecular weight is 290 g/mol. The molecule has 0 radical (unpaired) electrons. The Hall–Kier alpha value is -1.78. The van der Waals surface area contributed by atoms with Crippen LogP contribution in [0.1, 0.15) is 22.3 Å². The van der Waals surface area contributed by atoms with Gasteiger partial charge in [0.25, 0.3) is 0 Å². The Morgan fingerprint density at radius 3 is 2.38 bits per heavy atom. The molecule has 2 rings (SSSR count). The highest BCUT2D eigenvalue weighted by molar-refractivity contribution is 5.30. The van der Waals surface area contributed by atoms with Crippen LogP contribution in [0.5, 0.6) is 0 Å². The van der Waals surface area contributed by atoms with Gasteiger partial charge in [-0.25, -0.2) is 8.78 Å². The SMILES string of the molecule is Cc1ccc(CC(Cc2ccc(F)cc2F)NN)cc1C. The Morgan fingerprint density at radius 2 is 1.76 bits per heavy atom. The van der Waals surface area contributed by atoms with E-state index in [-0.39, 0.29) is 6.04 Å². The summed E-state index contributed by atoms with van der Waals surface area (Å²) in [7, 11) is 0. The maximum absolute atomic E-state index is 13.7. The fourth-order valence-electron chi connectivity index (χ4n) is 2.36. The molecule has 4 heteroatoms. The number of aryl methyl sites for hydroxylation is 2. The first-order valence-electron chi connectivity index (χ1n) is 6.95. The van der Waals surface area contributed by atoms with Gasteiger partial charge in [-0.2, -0.15) is 0 Å². The second-order valence-corrected chi connectivity index (χ2v) is 5.43. The molecule has 2 aromatic carbocycles. The first kappa shape index (κ1) is 15.6. The third kappa shape index (κ3) is 4.09. The van der Waals surface area contributed by atoms with Crippen molar-refractivity contribution in [2.24, 2.45) is 5.84 Å². The molecule has 0 aliphatic carbocycles. The molecule has 0 fully saturated rings. The molecule has 1 unspecified atom stereocenters. The monoisotopic (exact) mass is 290 g/mol. The predicted octanol–water partition coefficient (Wildman–Crippen LogP) is 3.20. The van der Waals surface area contributed by atoms with Crippen molar-refractivity contribution < 1.29 is 8.78 Å². The molecule has 2 nitrogen and oxygen atoms in total. The summed E-state index contributed by atoms with van der Waals surface area (Å²) in [5.74, 6) is 4.47. The second kappa shape index (κ2) is 6.78. The summed E-state index contributed by atoms with van der Waals surface area (Å²) in [6.45, 7) is 4.12. The van der Waals surface area contributed by atoms with Crippen LogP contribution >= 0.6 is 0 Å². The van der Waals surface area contributed by atoms with Gasteiger partial charge in [0.1, 0.15) is 11.6 Å². The van der Waals surface area contributed by atoms with Crippen molar-refractivity contribution in [2.45, 2.75) is 32.7 Å². The standard InChI is InChI=1S/C17H20F2N2/c1-11-3-4-13(7-12(11)2)8-16(21-20)9-14-5-6-15(18)10-17(14)19/h3-7,10,16,21H,8-9,20H2,1-2H3. The van der Waals surface area contributed by atoms with Gasteiger partial charge in [0, 0.05) is 12.1 Å². The fraction of sp³-hybridized carbons (Fsp3) is 0.294. The Kier molecular flexibility index (Phi) is 5.04. The van der Waals surface area contributed by atoms with E-state index in [1.807, 2.05) is 6.07 Å². The maximum Gasteiger partial charge on any atom is 0.129 e. The number of halogens is 2. The van der Waals surface area contributed by atoms with Crippen LogP contribution in [0.2, 0.25) is 0 Å². The predicted molar refractivity (Wildman–Crippen MR) is 80.8 cm³/mol. The van der Waals surface area contributed by atoms with Crippen LogP contribution in [0.4, 0.5) is 8.78 Å². The summed E-state index contributed by atoms with van der Waals surface area (Å²) in [4.78, 5) is 0. The average Bonchev–Trinajstić information content (AvgIpc) is 2.44. The Morgan fingerprint density at radius 1 is 1.00 bits per heavy atom. The van der Waals surface area contributed by atoms with E-state index in [0.29, 0.717) is 18.4 Å². The van der Waals surface area contributed by atoms with Crippen molar-refractivity contribution in [1.29, 1.82) is 0 Å². The summed E-state index contributed by atoms with van der Waals surface area (Å²) in [6, 6.07) is 9.76. The highest BCUT2D eigenvalue weighted by Crippen LogP contribution is 2.16. The molecule has 0 saturated carbocycles. The number of rotatable bonds is 5. The van der Waals surface area contributed by atoms with Crippen LogP contribution in [0.15, 0.2) is 36.4 Å². The topological polar surface area (TPSA) is 38.0 Å². The zero-order chi connectivity index (χ0) is 15.4. The number of nitrogens with two attached hydrogens (primary N) is 1. The molecule has 0 saturated heterocycles. The summed E-state index contributed by atoms with van der Waals surface area (Å²) in [5.41, 5.74) is 6.77. The third-order valence-electron chi connectivity index (χ3n) is 3.77. The van der Waals surface area contributed by atoms with Gasteiger partial charge in [0.15, 0.2) is 0 Å². The molecule has 0 aromatic heterocycles. The summed E-state index contributed by atoms with van der Waals surface area (Å²) >= 11 is 0. The second-order valence-electron chi connectivity index (χ2n) is 5.43. The van der Waals surface area contributed by atoms with Gasteiger partial charge in [-0.3, -0.25) is 11.3 Å². The van der Waals surface area contributed by atoms with E-state index in [1.54, 1.807) is 0 Å². The number of hydrazine groups is 1. The van der Waals surface area contributed by atoms with Gasteiger partial charge >= 0.3 is 0 Å². The van der Waals surface area contributed by atoms with Crippen molar-refractivity contribution in [1.82, 2.24) is 5.43 Å². The van der Waals surface area contributed by atoms with Crippen molar-refractivity contribution in [3.8, 4) is 0 Å². The Balaban J connectivity index is 2.10. The Labute approximate surface area is 124 Å². The quantitative estimate of drug-likeness (QED) is 0.655. The smallest absolute Gasteiger partial charge is 0.129 e. The molecule has 1 atom stereocenters. The van der Waals surface area contributed by atoms with Crippen molar-refractivity contribution in [3.63, 3.8) is 0 Å². The van der Waals surface area contributed by atoms with Crippen molar-refractivity contribution in [3.05, 3.63) is 70.3 Å². The summed E-state index contributed by atoms with van der Waals surface area (Å²) < 4.78 is 26.6. The Bertz CT molecular complexity index is 626. The lowest BCUT2D eigenvalue weighted by Crippen LogP contribution is -2.38. The third-order valence-corrected chi connectivity index (χ3v) is 3.77. The molecular weight excluding hydrogens is 270 g/mol. The lowest BCUT2D eigenvalue weighted by atomic mass is 9.97. The first-order chi connectivity index (χ1) is 9.99. The van der Waals surface area contributed by atoms with Gasteiger partial charge in [0.2, 0.25) is 0 Å². The molecule has 0 amide bonds. The molecular formula is C17H20F2N2. The van der Waals surface area contributed by atoms with E-state index in [4.69, 9.17) is 5.84 Å². The van der Waals surface area contributed by atoms with E-state index in [1.165, 1.54) is 23.3 Å². The van der Waals surface area contributed by atoms with Crippen molar-refractivity contribution >= 4 is 0 Å². The summed E-state index contributed by atoms with van der Waals surface area (Å²) in [6.07, 6.45) is 1.10. The number of hydrogen-bond acceptors (Lipinski definition) is 2. The molecule has 0 aliphatic rings. The molecule has 2 aromatic rings. The number of hydrogen-bond donors (Lipinski definition) is 2. The minimum Gasteiger partial charge on any atom is -0.271 e. The van der Waals surface area contributed by atoms with Crippen molar-refractivity contribution in [2.75, 3.05) is 0 Å². The van der Waals surface area contributed by atoms with Crippen LogP contribution in [0, 0.1) is 25.5 Å². The van der Waals surface area contributed by atoms with Gasteiger partial charge in [-0.1, -0.05) is 24.3 Å². The van der Waals surface area contributed by atoms with E-state index < -0.39 is 11.6 Å². The molecule has 0 heterocycles. The lowest BCUT2D eigenvalue weighted by molar-refractivity contribution is 0.502.